The van der Waals surface area contributed by atoms with Crippen molar-refractivity contribution >= 4 is 28.3 Å². The van der Waals surface area contributed by atoms with E-state index < -0.39 is 10.8 Å². The van der Waals surface area contributed by atoms with Crippen molar-refractivity contribution < 1.29 is 13.7 Å². The fourth-order valence-electron chi connectivity index (χ4n) is 3.82. The van der Waals surface area contributed by atoms with Gasteiger partial charge in [0.1, 0.15) is 5.69 Å². The van der Waals surface area contributed by atoms with Gasteiger partial charge in [0.2, 0.25) is 5.95 Å². The molecule has 2 aliphatic rings. The summed E-state index contributed by atoms with van der Waals surface area (Å²) in [6.45, 7) is 2.12. The van der Waals surface area contributed by atoms with Crippen molar-refractivity contribution in [2.45, 2.75) is 55.8 Å². The molecule has 0 radical (unpaired) electrons. The number of anilines is 1. The molecule has 1 aliphatic heterocycles. The molecule has 3 N–H and O–H groups in total. The fraction of sp³-hybridized carbons (Fsp3) is 0.650. The van der Waals surface area contributed by atoms with Crippen LogP contribution < -0.4 is 5.73 Å². The summed E-state index contributed by atoms with van der Waals surface area (Å²) >= 11 is 6.07. The van der Waals surface area contributed by atoms with E-state index in [1.54, 1.807) is 12.5 Å². The Morgan fingerprint density at radius 3 is 2.60 bits per heavy atom. The average molecular weight is 456 g/mol. The number of piperidine rings is 1. The van der Waals surface area contributed by atoms with Gasteiger partial charge in [0.15, 0.2) is 11.7 Å². The minimum absolute atomic E-state index is 0.168. The van der Waals surface area contributed by atoms with Gasteiger partial charge in [0, 0.05) is 28.2 Å². The maximum absolute atomic E-state index is 10.9. The van der Waals surface area contributed by atoms with Crippen molar-refractivity contribution in [3.63, 3.8) is 0 Å². The maximum Gasteiger partial charge on any atom is 0.220 e. The highest BCUT2D eigenvalue weighted by atomic mass is 35.5. The van der Waals surface area contributed by atoms with Crippen molar-refractivity contribution in [1.82, 2.24) is 19.9 Å². The third kappa shape index (κ3) is 6.23. The molecule has 0 bridgehead atoms. The lowest BCUT2D eigenvalue weighted by molar-refractivity contribution is 0.132. The number of nitrogens with two attached hydrogens (primary N) is 1. The first-order chi connectivity index (χ1) is 14.3. The first-order valence-electron chi connectivity index (χ1n) is 10.3. The van der Waals surface area contributed by atoms with E-state index in [4.69, 9.17) is 21.8 Å². The monoisotopic (exact) mass is 455 g/mol. The van der Waals surface area contributed by atoms with Crippen LogP contribution in [0.1, 0.15) is 50.3 Å². The fourth-order valence-corrected chi connectivity index (χ4v) is 4.99. The molecule has 8 nitrogen and oxygen atoms in total. The summed E-state index contributed by atoms with van der Waals surface area (Å²) in [6, 6.07) is 0. The maximum atomic E-state index is 10.9. The normalized spacial score (nSPS) is 24.1. The van der Waals surface area contributed by atoms with Gasteiger partial charge in [-0.1, -0.05) is 11.6 Å². The molecule has 3 unspecified atom stereocenters. The lowest BCUT2D eigenvalue weighted by Gasteiger charge is -2.26. The average Bonchev–Trinajstić information content (AvgIpc) is 3.21. The second kappa shape index (κ2) is 10.7. The van der Waals surface area contributed by atoms with E-state index >= 15 is 0 Å². The van der Waals surface area contributed by atoms with E-state index in [-0.39, 0.29) is 17.3 Å². The molecule has 2 aromatic rings. The minimum atomic E-state index is -0.733. The van der Waals surface area contributed by atoms with Crippen LogP contribution >= 0.6 is 11.6 Å². The molecule has 3 heterocycles. The standard InChI is InChI=1S/C13H16ClN5O.C7H14O2S/c1-19-4-2-8(3-5-19)12-16-7-10(20-12)11-9(14)6-17-13(15)18-11;1-10(9)7-4-2-3-6(8)5-7/h6-8H,2-5H2,1H3,(H2,15,17,18);6-8H,2-5H2,1H3. The molecule has 10 heteroatoms. The van der Waals surface area contributed by atoms with Crippen LogP contribution in [0.15, 0.2) is 16.8 Å². The number of hydrogen-bond acceptors (Lipinski definition) is 8. The summed E-state index contributed by atoms with van der Waals surface area (Å²) < 4.78 is 16.8. The Morgan fingerprint density at radius 1 is 1.23 bits per heavy atom. The molecule has 0 spiro atoms. The number of aromatic nitrogens is 3. The molecule has 4 rings (SSSR count). The van der Waals surface area contributed by atoms with E-state index in [0.717, 1.165) is 57.5 Å². The number of aliphatic hydroxyl groups excluding tert-OH is 1. The third-order valence-corrected chi connectivity index (χ3v) is 7.30. The zero-order valence-electron chi connectivity index (χ0n) is 17.5. The second-order valence-corrected chi connectivity index (χ2v) is 10.1. The number of nitrogens with zero attached hydrogens (tertiary/aromatic N) is 4. The number of rotatable bonds is 3. The number of hydrogen-bond donors (Lipinski definition) is 2. The molecule has 2 aromatic heterocycles. The molecule has 166 valence electrons. The lowest BCUT2D eigenvalue weighted by atomic mass is 9.97. The molecule has 3 atom stereocenters. The zero-order valence-corrected chi connectivity index (χ0v) is 19.0. The Hall–Kier alpha value is -1.55. The number of halogens is 1. The van der Waals surface area contributed by atoms with Gasteiger partial charge in [-0.15, -0.1) is 0 Å². The summed E-state index contributed by atoms with van der Waals surface area (Å²) in [5.41, 5.74) is 6.07. The predicted octanol–water partition coefficient (Wildman–Crippen LogP) is 2.84. The molecular weight excluding hydrogens is 426 g/mol. The molecule has 2 fully saturated rings. The summed E-state index contributed by atoms with van der Waals surface area (Å²) in [4.78, 5) is 14.6. The van der Waals surface area contributed by atoms with E-state index in [2.05, 4.69) is 26.9 Å². The van der Waals surface area contributed by atoms with Gasteiger partial charge < -0.3 is 20.2 Å². The van der Waals surface area contributed by atoms with Crippen molar-refractivity contribution in [3.05, 3.63) is 23.3 Å². The Balaban J connectivity index is 0.000000216. The highest BCUT2D eigenvalue weighted by Crippen LogP contribution is 2.32. The highest BCUT2D eigenvalue weighted by Gasteiger charge is 2.24. The van der Waals surface area contributed by atoms with Gasteiger partial charge in [0.05, 0.1) is 23.5 Å². The summed E-state index contributed by atoms with van der Waals surface area (Å²) in [5, 5.41) is 9.86. The number of likely N-dealkylation sites (tertiary alicyclic amines) is 1. The third-order valence-electron chi connectivity index (χ3n) is 5.66. The quantitative estimate of drug-likeness (QED) is 0.725. The van der Waals surface area contributed by atoms with Crippen molar-refractivity contribution in [2.24, 2.45) is 0 Å². The lowest BCUT2D eigenvalue weighted by Crippen LogP contribution is -2.29. The van der Waals surface area contributed by atoms with Crippen LogP contribution in [0.2, 0.25) is 5.02 Å². The number of nitrogen functional groups attached to an aromatic ring is 1. The molecule has 0 amide bonds. The minimum Gasteiger partial charge on any atom is -0.439 e. The van der Waals surface area contributed by atoms with Crippen LogP contribution in [0.3, 0.4) is 0 Å². The van der Waals surface area contributed by atoms with Crippen LogP contribution in [-0.4, -0.2) is 66.9 Å². The molecule has 1 saturated carbocycles. The van der Waals surface area contributed by atoms with Gasteiger partial charge in [-0.3, -0.25) is 4.21 Å². The Labute approximate surface area is 184 Å². The Bertz CT molecular complexity index is 857. The van der Waals surface area contributed by atoms with Gasteiger partial charge in [-0.25, -0.2) is 15.0 Å². The second-order valence-electron chi connectivity index (χ2n) is 8.01. The summed E-state index contributed by atoms with van der Waals surface area (Å²) in [5.74, 6) is 1.82. The first-order valence-corrected chi connectivity index (χ1v) is 12.3. The SMILES string of the molecule is CN1CCC(c2ncc(-c3nc(N)ncc3Cl)o2)CC1.CS(=O)C1CCCC(O)C1. The van der Waals surface area contributed by atoms with E-state index in [1.807, 2.05) is 0 Å². The van der Waals surface area contributed by atoms with Crippen LogP contribution in [0.4, 0.5) is 5.95 Å². The van der Waals surface area contributed by atoms with Crippen molar-refractivity contribution in [2.75, 3.05) is 32.1 Å². The van der Waals surface area contributed by atoms with Gasteiger partial charge >= 0.3 is 0 Å². The van der Waals surface area contributed by atoms with E-state index in [0.29, 0.717) is 22.4 Å². The van der Waals surface area contributed by atoms with Crippen LogP contribution in [0.5, 0.6) is 0 Å². The van der Waals surface area contributed by atoms with Gasteiger partial charge in [0.25, 0.3) is 0 Å². The largest absolute Gasteiger partial charge is 0.439 e. The van der Waals surface area contributed by atoms with Crippen LogP contribution in [-0.2, 0) is 10.8 Å². The molecule has 1 saturated heterocycles. The first kappa shape index (κ1) is 23.1. The Morgan fingerprint density at radius 2 is 1.97 bits per heavy atom. The molecular formula is C20H30ClN5O3S. The van der Waals surface area contributed by atoms with Crippen LogP contribution in [0.25, 0.3) is 11.5 Å². The summed E-state index contributed by atoms with van der Waals surface area (Å²) in [6.07, 6.45) is 10.5. The van der Waals surface area contributed by atoms with Gasteiger partial charge in [-0.05, 0) is 58.7 Å². The summed E-state index contributed by atoms with van der Waals surface area (Å²) in [7, 11) is 1.39. The molecule has 0 aromatic carbocycles. The zero-order chi connectivity index (χ0) is 21.7. The van der Waals surface area contributed by atoms with Crippen molar-refractivity contribution in [3.8, 4) is 11.5 Å². The number of aliphatic hydroxyl groups is 1. The van der Waals surface area contributed by atoms with Crippen molar-refractivity contribution in [1.29, 1.82) is 0 Å². The number of oxazole rings is 1. The predicted molar refractivity (Wildman–Crippen MR) is 119 cm³/mol. The highest BCUT2D eigenvalue weighted by molar-refractivity contribution is 7.84. The van der Waals surface area contributed by atoms with Crippen LogP contribution in [0, 0.1) is 0 Å². The van der Waals surface area contributed by atoms with Gasteiger partial charge in [-0.2, -0.15) is 0 Å². The topological polar surface area (TPSA) is 118 Å². The molecule has 30 heavy (non-hydrogen) atoms. The smallest absolute Gasteiger partial charge is 0.220 e. The van der Waals surface area contributed by atoms with E-state index in [9.17, 15) is 9.32 Å². The Kier molecular flexibility index (Phi) is 8.21. The van der Waals surface area contributed by atoms with E-state index in [1.165, 1.54) is 6.20 Å². The molecule has 1 aliphatic carbocycles.